The van der Waals surface area contributed by atoms with Gasteiger partial charge in [-0.3, -0.25) is 9.52 Å². The summed E-state index contributed by atoms with van der Waals surface area (Å²) in [6.07, 6.45) is 0. The number of sulfonamides is 1. The van der Waals surface area contributed by atoms with E-state index in [1.165, 1.54) is 12.1 Å². The number of amides is 1. The molecule has 3 rings (SSSR count). The number of aryl methyl sites for hydroxylation is 2. The van der Waals surface area contributed by atoms with E-state index in [9.17, 15) is 13.2 Å². The zero-order valence-electron chi connectivity index (χ0n) is 16.7. The van der Waals surface area contributed by atoms with E-state index < -0.39 is 10.0 Å². The number of carbonyl (C=O) groups is 1. The van der Waals surface area contributed by atoms with Crippen LogP contribution < -0.4 is 14.8 Å². The fourth-order valence-corrected chi connectivity index (χ4v) is 4.53. The van der Waals surface area contributed by atoms with Crippen LogP contribution in [0.15, 0.2) is 65.6 Å². The van der Waals surface area contributed by atoms with Gasteiger partial charge in [-0.15, -0.1) is 0 Å². The molecule has 0 aliphatic heterocycles. The molecule has 0 radical (unpaired) electrons. The Bertz CT molecular complexity index is 1190. The van der Waals surface area contributed by atoms with Gasteiger partial charge in [0.2, 0.25) is 0 Å². The van der Waals surface area contributed by atoms with Crippen molar-refractivity contribution < 1.29 is 17.9 Å². The maximum Gasteiger partial charge on any atom is 0.261 e. The van der Waals surface area contributed by atoms with Crippen LogP contribution in [-0.4, -0.2) is 21.4 Å². The maximum absolute atomic E-state index is 12.6. The van der Waals surface area contributed by atoms with Crippen LogP contribution in [0.4, 0.5) is 11.4 Å². The smallest absolute Gasteiger partial charge is 0.261 e. The molecule has 0 spiro atoms. The standard InChI is InChI=1S/C22H21IN2O4S/c1-14-4-6-18(12-15(14)2)25-30(27,28)19-9-7-17(8-10-19)24-22(26)16-5-11-21(29-3)20(23)13-16/h4-13,25H,1-3H3,(H,24,26). The number of halogens is 1. The van der Waals surface area contributed by atoms with E-state index in [1.807, 2.05) is 19.9 Å². The van der Waals surface area contributed by atoms with E-state index in [-0.39, 0.29) is 10.8 Å². The van der Waals surface area contributed by atoms with Crippen molar-refractivity contribution >= 4 is 49.9 Å². The Morgan fingerprint density at radius 3 is 2.17 bits per heavy atom. The summed E-state index contributed by atoms with van der Waals surface area (Å²) in [6.45, 7) is 3.89. The minimum Gasteiger partial charge on any atom is -0.496 e. The highest BCUT2D eigenvalue weighted by Crippen LogP contribution is 2.23. The van der Waals surface area contributed by atoms with Crippen LogP contribution in [-0.2, 0) is 10.0 Å². The molecule has 0 saturated carbocycles. The first-order valence-corrected chi connectivity index (χ1v) is 11.6. The van der Waals surface area contributed by atoms with Crippen molar-refractivity contribution in [3.63, 3.8) is 0 Å². The molecule has 0 aromatic heterocycles. The van der Waals surface area contributed by atoms with Gasteiger partial charge in [-0.1, -0.05) is 6.07 Å². The molecule has 0 fully saturated rings. The molecule has 6 nitrogen and oxygen atoms in total. The average Bonchev–Trinajstić information content (AvgIpc) is 2.71. The lowest BCUT2D eigenvalue weighted by atomic mass is 10.1. The van der Waals surface area contributed by atoms with Crippen molar-refractivity contribution in [3.05, 3.63) is 80.9 Å². The Kier molecular flexibility index (Phi) is 6.67. The third-order valence-corrected chi connectivity index (χ3v) is 6.84. The van der Waals surface area contributed by atoms with Gasteiger partial charge in [-0.25, -0.2) is 8.42 Å². The number of benzene rings is 3. The number of hydrogen-bond donors (Lipinski definition) is 2. The number of anilines is 2. The molecule has 156 valence electrons. The molecule has 0 atom stereocenters. The Balaban J connectivity index is 1.72. The van der Waals surface area contributed by atoms with Gasteiger partial charge in [0.25, 0.3) is 15.9 Å². The lowest BCUT2D eigenvalue weighted by Crippen LogP contribution is -2.14. The molecule has 0 bridgehead atoms. The largest absolute Gasteiger partial charge is 0.496 e. The molecule has 8 heteroatoms. The van der Waals surface area contributed by atoms with Gasteiger partial charge in [-0.2, -0.15) is 0 Å². The second-order valence-electron chi connectivity index (χ2n) is 6.73. The number of nitrogens with one attached hydrogen (secondary N) is 2. The van der Waals surface area contributed by atoms with Crippen LogP contribution in [0.3, 0.4) is 0 Å². The molecule has 0 heterocycles. The minimum absolute atomic E-state index is 0.109. The number of methoxy groups -OCH3 is 1. The van der Waals surface area contributed by atoms with Gasteiger partial charge in [0.15, 0.2) is 0 Å². The van der Waals surface area contributed by atoms with E-state index in [1.54, 1.807) is 49.6 Å². The summed E-state index contributed by atoms with van der Waals surface area (Å²) < 4.78 is 33.9. The predicted molar refractivity (Wildman–Crippen MR) is 127 cm³/mol. The van der Waals surface area contributed by atoms with Gasteiger partial charge in [-0.05, 0) is 102 Å². The van der Waals surface area contributed by atoms with Crippen LogP contribution in [0.25, 0.3) is 0 Å². The van der Waals surface area contributed by atoms with Gasteiger partial charge in [0.1, 0.15) is 5.75 Å². The van der Waals surface area contributed by atoms with E-state index in [0.717, 1.165) is 14.7 Å². The molecular weight excluding hydrogens is 515 g/mol. The lowest BCUT2D eigenvalue weighted by Gasteiger charge is -2.11. The molecule has 0 unspecified atom stereocenters. The summed E-state index contributed by atoms with van der Waals surface area (Å²) in [4.78, 5) is 12.6. The highest BCUT2D eigenvalue weighted by atomic mass is 127. The third kappa shape index (κ3) is 5.11. The Morgan fingerprint density at radius 1 is 0.900 bits per heavy atom. The molecule has 3 aromatic rings. The summed E-state index contributed by atoms with van der Waals surface area (Å²) in [5.74, 6) is 0.400. The second-order valence-corrected chi connectivity index (χ2v) is 9.58. The van der Waals surface area contributed by atoms with Crippen LogP contribution in [0.1, 0.15) is 21.5 Å². The van der Waals surface area contributed by atoms with Crippen molar-refractivity contribution in [3.8, 4) is 5.75 Å². The number of ether oxygens (including phenoxy) is 1. The van der Waals surface area contributed by atoms with Crippen LogP contribution in [0, 0.1) is 17.4 Å². The molecule has 0 aliphatic rings. The van der Waals surface area contributed by atoms with Crippen molar-refractivity contribution in [2.75, 3.05) is 17.1 Å². The van der Waals surface area contributed by atoms with Gasteiger partial charge in [0, 0.05) is 16.9 Å². The fraction of sp³-hybridized carbons (Fsp3) is 0.136. The minimum atomic E-state index is -3.73. The molecule has 1 amide bonds. The summed E-state index contributed by atoms with van der Waals surface area (Å²) in [7, 11) is -2.16. The van der Waals surface area contributed by atoms with Crippen molar-refractivity contribution in [1.29, 1.82) is 0 Å². The topological polar surface area (TPSA) is 84.5 Å². The quantitative estimate of drug-likeness (QED) is 0.436. The van der Waals surface area contributed by atoms with Crippen LogP contribution >= 0.6 is 22.6 Å². The first kappa shape index (κ1) is 22.1. The number of hydrogen-bond acceptors (Lipinski definition) is 4. The lowest BCUT2D eigenvalue weighted by molar-refractivity contribution is 0.102. The molecular formula is C22H21IN2O4S. The zero-order valence-corrected chi connectivity index (χ0v) is 19.7. The normalized spacial score (nSPS) is 11.1. The molecule has 30 heavy (non-hydrogen) atoms. The number of carbonyl (C=O) groups excluding carboxylic acids is 1. The molecule has 0 saturated heterocycles. The van der Waals surface area contributed by atoms with Crippen molar-refractivity contribution in [2.45, 2.75) is 18.7 Å². The highest BCUT2D eigenvalue weighted by molar-refractivity contribution is 14.1. The van der Waals surface area contributed by atoms with Crippen molar-refractivity contribution in [1.82, 2.24) is 0 Å². The second kappa shape index (κ2) is 9.05. The summed E-state index contributed by atoms with van der Waals surface area (Å²) in [5, 5.41) is 2.77. The Labute approximate surface area is 189 Å². The highest BCUT2D eigenvalue weighted by Gasteiger charge is 2.15. The van der Waals surface area contributed by atoms with E-state index in [0.29, 0.717) is 22.7 Å². The van der Waals surface area contributed by atoms with E-state index >= 15 is 0 Å². The van der Waals surface area contributed by atoms with Gasteiger partial charge < -0.3 is 10.1 Å². The summed E-state index contributed by atoms with van der Waals surface area (Å²) in [6, 6.07) is 16.5. The summed E-state index contributed by atoms with van der Waals surface area (Å²) in [5.41, 5.74) is 3.57. The zero-order chi connectivity index (χ0) is 21.9. The van der Waals surface area contributed by atoms with Crippen LogP contribution in [0.5, 0.6) is 5.75 Å². The first-order chi connectivity index (χ1) is 14.2. The molecule has 2 N–H and O–H groups in total. The van der Waals surface area contributed by atoms with Gasteiger partial charge >= 0.3 is 0 Å². The maximum atomic E-state index is 12.6. The fourth-order valence-electron chi connectivity index (χ4n) is 2.75. The SMILES string of the molecule is COc1ccc(C(=O)Nc2ccc(S(=O)(=O)Nc3ccc(C)c(C)c3)cc2)cc1I. The third-order valence-electron chi connectivity index (χ3n) is 4.60. The number of rotatable bonds is 6. The first-order valence-electron chi connectivity index (χ1n) is 9.04. The summed E-state index contributed by atoms with van der Waals surface area (Å²) >= 11 is 2.10. The molecule has 0 aliphatic carbocycles. The van der Waals surface area contributed by atoms with Crippen LogP contribution in [0.2, 0.25) is 0 Å². The van der Waals surface area contributed by atoms with E-state index in [2.05, 4.69) is 32.6 Å². The Hall–Kier alpha value is -2.59. The van der Waals surface area contributed by atoms with Gasteiger partial charge in [0.05, 0.1) is 15.6 Å². The Morgan fingerprint density at radius 2 is 1.57 bits per heavy atom. The van der Waals surface area contributed by atoms with Crippen molar-refractivity contribution in [2.24, 2.45) is 0 Å². The molecule has 3 aromatic carbocycles. The monoisotopic (exact) mass is 536 g/mol. The van der Waals surface area contributed by atoms with E-state index in [4.69, 9.17) is 4.74 Å². The average molecular weight is 536 g/mol. The predicted octanol–water partition coefficient (Wildman–Crippen LogP) is 4.97.